The van der Waals surface area contributed by atoms with Gasteiger partial charge in [0.2, 0.25) is 6.79 Å². The summed E-state index contributed by atoms with van der Waals surface area (Å²) in [7, 11) is 1.75. The highest BCUT2D eigenvalue weighted by atomic mass is 127. The lowest BCUT2D eigenvalue weighted by atomic mass is 10.2. The molecule has 0 unspecified atom stereocenters. The highest BCUT2D eigenvalue weighted by Gasteiger charge is 2.13. The second kappa shape index (κ2) is 10.1. The van der Waals surface area contributed by atoms with E-state index in [0.717, 1.165) is 34.3 Å². The first-order valence-electron chi connectivity index (χ1n) is 8.28. The Labute approximate surface area is 171 Å². The van der Waals surface area contributed by atoms with Gasteiger partial charge in [-0.15, -0.1) is 24.0 Å². The van der Waals surface area contributed by atoms with E-state index in [0.29, 0.717) is 19.7 Å². The number of halogens is 1. The first kappa shape index (κ1) is 20.2. The number of hydrogen-bond acceptors (Lipinski definition) is 4. The van der Waals surface area contributed by atoms with Crippen molar-refractivity contribution in [2.24, 2.45) is 4.99 Å². The van der Waals surface area contributed by atoms with Crippen molar-refractivity contribution >= 4 is 29.9 Å². The van der Waals surface area contributed by atoms with Gasteiger partial charge in [-0.25, -0.2) is 0 Å². The number of aliphatic imine (C=N–C) groups is 1. The highest BCUT2D eigenvalue weighted by Crippen LogP contribution is 2.32. The molecule has 7 heteroatoms. The number of ether oxygens (including phenoxy) is 3. The molecule has 0 aliphatic carbocycles. The molecule has 1 aliphatic rings. The van der Waals surface area contributed by atoms with Gasteiger partial charge in [0.05, 0.1) is 6.54 Å². The lowest BCUT2D eigenvalue weighted by Gasteiger charge is -2.13. The largest absolute Gasteiger partial charge is 0.491 e. The molecule has 26 heavy (non-hydrogen) atoms. The zero-order chi connectivity index (χ0) is 17.5. The average molecular weight is 469 g/mol. The fourth-order valence-electron chi connectivity index (χ4n) is 2.51. The molecule has 0 bridgehead atoms. The van der Waals surface area contributed by atoms with Gasteiger partial charge < -0.3 is 24.8 Å². The van der Waals surface area contributed by atoms with Gasteiger partial charge in [-0.2, -0.15) is 0 Å². The predicted octanol–water partition coefficient (Wildman–Crippen LogP) is 3.09. The Morgan fingerprint density at radius 2 is 1.92 bits per heavy atom. The first-order chi connectivity index (χ1) is 12.3. The van der Waals surface area contributed by atoms with E-state index in [2.05, 4.69) is 15.6 Å². The molecule has 0 aromatic heterocycles. The number of nitrogens with one attached hydrogen (secondary N) is 2. The minimum absolute atomic E-state index is 0. The Balaban J connectivity index is 0.00000243. The molecule has 1 heterocycles. The van der Waals surface area contributed by atoms with Crippen molar-refractivity contribution in [3.05, 3.63) is 53.6 Å². The van der Waals surface area contributed by atoms with Crippen LogP contribution in [-0.4, -0.2) is 33.0 Å². The van der Waals surface area contributed by atoms with Crippen molar-refractivity contribution in [2.45, 2.75) is 13.5 Å². The highest BCUT2D eigenvalue weighted by molar-refractivity contribution is 14.0. The SMILES string of the molecule is CN=C(NCCOc1ccccc1C)NCc1ccc2c(c1)OCO2.I. The summed E-state index contributed by atoms with van der Waals surface area (Å²) in [5, 5.41) is 6.51. The van der Waals surface area contributed by atoms with Gasteiger partial charge in [0, 0.05) is 13.6 Å². The molecule has 0 fully saturated rings. The Bertz CT molecular complexity index is 753. The van der Waals surface area contributed by atoms with E-state index >= 15 is 0 Å². The monoisotopic (exact) mass is 469 g/mol. The average Bonchev–Trinajstić information content (AvgIpc) is 3.10. The maximum absolute atomic E-state index is 5.77. The van der Waals surface area contributed by atoms with Gasteiger partial charge in [0.1, 0.15) is 12.4 Å². The molecule has 0 saturated carbocycles. The second-order valence-corrected chi connectivity index (χ2v) is 5.65. The fraction of sp³-hybridized carbons (Fsp3) is 0.316. The molecular weight excluding hydrogens is 445 g/mol. The summed E-state index contributed by atoms with van der Waals surface area (Å²) >= 11 is 0. The number of hydrogen-bond donors (Lipinski definition) is 2. The van der Waals surface area contributed by atoms with Gasteiger partial charge in [-0.05, 0) is 36.2 Å². The van der Waals surface area contributed by atoms with Gasteiger partial charge in [-0.1, -0.05) is 24.3 Å². The number of para-hydroxylation sites is 1. The summed E-state index contributed by atoms with van der Waals surface area (Å²) in [6.07, 6.45) is 0. The molecule has 1 aliphatic heterocycles. The van der Waals surface area contributed by atoms with E-state index in [1.807, 2.05) is 49.4 Å². The number of benzene rings is 2. The summed E-state index contributed by atoms with van der Waals surface area (Å²) in [5.41, 5.74) is 2.23. The van der Waals surface area contributed by atoms with Crippen LogP contribution in [-0.2, 0) is 6.54 Å². The Morgan fingerprint density at radius 3 is 2.73 bits per heavy atom. The molecule has 2 N–H and O–H groups in total. The predicted molar refractivity (Wildman–Crippen MR) is 113 cm³/mol. The van der Waals surface area contributed by atoms with Crippen LogP contribution in [0.2, 0.25) is 0 Å². The normalized spacial score (nSPS) is 12.3. The van der Waals surface area contributed by atoms with Crippen LogP contribution in [0.1, 0.15) is 11.1 Å². The number of rotatable bonds is 6. The van der Waals surface area contributed by atoms with E-state index in [-0.39, 0.29) is 30.8 Å². The zero-order valence-electron chi connectivity index (χ0n) is 15.0. The fourth-order valence-corrected chi connectivity index (χ4v) is 2.51. The number of fused-ring (bicyclic) bond motifs is 1. The minimum Gasteiger partial charge on any atom is -0.491 e. The minimum atomic E-state index is 0. The van der Waals surface area contributed by atoms with Crippen molar-refractivity contribution in [3.63, 3.8) is 0 Å². The van der Waals surface area contributed by atoms with Crippen LogP contribution in [0.5, 0.6) is 17.2 Å². The second-order valence-electron chi connectivity index (χ2n) is 5.65. The zero-order valence-corrected chi connectivity index (χ0v) is 17.3. The Hall–Kier alpha value is -2.16. The van der Waals surface area contributed by atoms with E-state index in [9.17, 15) is 0 Å². The van der Waals surface area contributed by atoms with Crippen LogP contribution in [0.3, 0.4) is 0 Å². The van der Waals surface area contributed by atoms with Gasteiger partial charge in [-0.3, -0.25) is 4.99 Å². The van der Waals surface area contributed by atoms with E-state index in [1.165, 1.54) is 0 Å². The number of guanidine groups is 1. The molecule has 0 amide bonds. The molecule has 6 nitrogen and oxygen atoms in total. The quantitative estimate of drug-likeness (QED) is 0.295. The van der Waals surface area contributed by atoms with E-state index < -0.39 is 0 Å². The summed E-state index contributed by atoms with van der Waals surface area (Å²) < 4.78 is 16.5. The molecule has 0 saturated heterocycles. The third-order valence-electron chi connectivity index (χ3n) is 3.87. The third-order valence-corrected chi connectivity index (χ3v) is 3.87. The van der Waals surface area contributed by atoms with Crippen LogP contribution in [0.15, 0.2) is 47.5 Å². The molecular formula is C19H24IN3O3. The molecule has 2 aromatic carbocycles. The van der Waals surface area contributed by atoms with Crippen molar-refractivity contribution in [1.82, 2.24) is 10.6 Å². The summed E-state index contributed by atoms with van der Waals surface area (Å²) in [4.78, 5) is 4.22. The van der Waals surface area contributed by atoms with Crippen molar-refractivity contribution < 1.29 is 14.2 Å². The lowest BCUT2D eigenvalue weighted by Crippen LogP contribution is -2.38. The van der Waals surface area contributed by atoms with Crippen molar-refractivity contribution in [3.8, 4) is 17.2 Å². The standard InChI is InChI=1S/C19H23N3O3.HI/c1-14-5-3-4-6-16(14)23-10-9-21-19(20-2)22-12-15-7-8-17-18(11-15)25-13-24-17;/h3-8,11H,9-10,12-13H2,1-2H3,(H2,20,21,22);1H. The maximum Gasteiger partial charge on any atom is 0.231 e. The van der Waals surface area contributed by atoms with E-state index in [1.54, 1.807) is 7.05 Å². The Morgan fingerprint density at radius 1 is 1.12 bits per heavy atom. The topological polar surface area (TPSA) is 64.1 Å². The Kier molecular flexibility index (Phi) is 7.83. The molecule has 140 valence electrons. The molecule has 3 rings (SSSR count). The van der Waals surface area contributed by atoms with Gasteiger partial charge >= 0.3 is 0 Å². The van der Waals surface area contributed by atoms with Crippen LogP contribution in [0.25, 0.3) is 0 Å². The van der Waals surface area contributed by atoms with Gasteiger partial charge in [0.15, 0.2) is 17.5 Å². The van der Waals surface area contributed by atoms with Crippen LogP contribution in [0, 0.1) is 6.92 Å². The summed E-state index contributed by atoms with van der Waals surface area (Å²) in [6, 6.07) is 13.9. The van der Waals surface area contributed by atoms with Crippen LogP contribution >= 0.6 is 24.0 Å². The summed E-state index contributed by atoms with van der Waals surface area (Å²) in [6.45, 7) is 4.20. The third kappa shape index (κ3) is 5.42. The first-order valence-corrected chi connectivity index (χ1v) is 8.28. The molecule has 2 aromatic rings. The van der Waals surface area contributed by atoms with Crippen molar-refractivity contribution in [1.29, 1.82) is 0 Å². The molecule has 0 radical (unpaired) electrons. The molecule has 0 spiro atoms. The maximum atomic E-state index is 5.77. The van der Waals surface area contributed by atoms with Crippen molar-refractivity contribution in [2.75, 3.05) is 27.0 Å². The van der Waals surface area contributed by atoms with Crippen LogP contribution in [0.4, 0.5) is 0 Å². The van der Waals surface area contributed by atoms with E-state index in [4.69, 9.17) is 14.2 Å². The van der Waals surface area contributed by atoms with Crippen LogP contribution < -0.4 is 24.8 Å². The summed E-state index contributed by atoms with van der Waals surface area (Å²) in [5.74, 6) is 3.21. The molecule has 0 atom stereocenters. The number of nitrogens with zero attached hydrogens (tertiary/aromatic N) is 1. The number of aryl methyl sites for hydroxylation is 1. The lowest BCUT2D eigenvalue weighted by molar-refractivity contribution is 0.174. The van der Waals surface area contributed by atoms with Gasteiger partial charge in [0.25, 0.3) is 0 Å². The smallest absolute Gasteiger partial charge is 0.231 e.